The van der Waals surface area contributed by atoms with E-state index in [9.17, 15) is 0 Å². The minimum Gasteiger partial charge on any atom is -0.310 e. The number of aromatic nitrogens is 1. The zero-order valence-electron chi connectivity index (χ0n) is 28.8. The second kappa shape index (κ2) is 11.7. The van der Waals surface area contributed by atoms with Crippen LogP contribution in [-0.4, -0.2) is 4.57 Å². The molecule has 1 aliphatic carbocycles. The van der Waals surface area contributed by atoms with Gasteiger partial charge in [-0.05, 0) is 118 Å². The fourth-order valence-corrected chi connectivity index (χ4v) is 9.48. The molecule has 10 aromatic rings. The van der Waals surface area contributed by atoms with Crippen LogP contribution in [0.5, 0.6) is 0 Å². The standard InChI is InChI=1S/C50H32N2S/c1-32-39-13-5-6-14-40(39)41-26-24-37(30-44(32)41)51(38-25-28-50-46(31-38)43-16-8-10-18-49(43)53-50)36-22-19-33(20-23-36)34-21-27-48-45(29-34)42-15-7-9-17-47(42)52(48)35-11-3-2-4-12-35/h2-31H,1H2. The van der Waals surface area contributed by atoms with Gasteiger partial charge in [0.25, 0.3) is 0 Å². The SMILES string of the molecule is C=C1c2ccccc2-c2ccc(N(c3ccc(-c4ccc5c(c4)c4ccccc4n5-c4ccccc4)cc3)c3ccc4sc5ccccc5c4c3)cc21. The van der Waals surface area contributed by atoms with Crippen LogP contribution in [0, 0.1) is 0 Å². The summed E-state index contributed by atoms with van der Waals surface area (Å²) in [5, 5.41) is 5.09. The predicted octanol–water partition coefficient (Wildman–Crippen LogP) is 14.3. The number of para-hydroxylation sites is 2. The van der Waals surface area contributed by atoms with Crippen molar-refractivity contribution in [2.75, 3.05) is 4.90 Å². The molecule has 0 atom stereocenters. The first kappa shape index (κ1) is 30.0. The maximum absolute atomic E-state index is 4.54. The van der Waals surface area contributed by atoms with E-state index < -0.39 is 0 Å². The van der Waals surface area contributed by atoms with E-state index in [4.69, 9.17) is 0 Å². The van der Waals surface area contributed by atoms with E-state index in [1.54, 1.807) is 0 Å². The van der Waals surface area contributed by atoms with Gasteiger partial charge in [-0.1, -0.05) is 110 Å². The Bertz CT molecular complexity index is 3070. The molecule has 2 aromatic heterocycles. The van der Waals surface area contributed by atoms with Crippen molar-refractivity contribution >= 4 is 76.0 Å². The summed E-state index contributed by atoms with van der Waals surface area (Å²) in [4.78, 5) is 2.39. The number of anilines is 3. The van der Waals surface area contributed by atoms with E-state index in [0.717, 1.165) is 22.6 Å². The summed E-state index contributed by atoms with van der Waals surface area (Å²) in [5.74, 6) is 0. The third-order valence-electron chi connectivity index (χ3n) is 10.9. The number of hydrogen-bond donors (Lipinski definition) is 0. The van der Waals surface area contributed by atoms with Gasteiger partial charge in [0.15, 0.2) is 0 Å². The molecule has 1 aliphatic rings. The number of fused-ring (bicyclic) bond motifs is 9. The lowest BCUT2D eigenvalue weighted by molar-refractivity contribution is 1.18. The van der Waals surface area contributed by atoms with Gasteiger partial charge < -0.3 is 9.47 Å². The monoisotopic (exact) mass is 692 g/mol. The predicted molar refractivity (Wildman–Crippen MR) is 227 cm³/mol. The summed E-state index contributed by atoms with van der Waals surface area (Å²) < 4.78 is 4.98. The highest BCUT2D eigenvalue weighted by molar-refractivity contribution is 7.25. The molecule has 2 heterocycles. The van der Waals surface area contributed by atoms with Crippen molar-refractivity contribution in [2.24, 2.45) is 0 Å². The second-order valence-corrected chi connectivity index (χ2v) is 14.9. The third-order valence-corrected chi connectivity index (χ3v) is 12.0. The first-order chi connectivity index (χ1) is 26.2. The topological polar surface area (TPSA) is 8.17 Å². The van der Waals surface area contributed by atoms with Crippen LogP contribution < -0.4 is 4.90 Å². The molecule has 0 aliphatic heterocycles. The Hall–Kier alpha value is -6.68. The van der Waals surface area contributed by atoms with Crippen LogP contribution in [0.15, 0.2) is 189 Å². The molecule has 0 amide bonds. The summed E-state index contributed by atoms with van der Waals surface area (Å²) in [6, 6.07) is 66.3. The lowest BCUT2D eigenvalue weighted by atomic mass is 10.0. The van der Waals surface area contributed by atoms with E-state index in [2.05, 4.69) is 198 Å². The van der Waals surface area contributed by atoms with Crippen LogP contribution in [0.1, 0.15) is 11.1 Å². The summed E-state index contributed by atoms with van der Waals surface area (Å²) in [6.45, 7) is 4.54. The van der Waals surface area contributed by atoms with E-state index in [1.807, 2.05) is 11.3 Å². The van der Waals surface area contributed by atoms with Gasteiger partial charge >= 0.3 is 0 Å². The number of rotatable bonds is 5. The van der Waals surface area contributed by atoms with Crippen molar-refractivity contribution in [3.8, 4) is 27.9 Å². The molecule has 11 rings (SSSR count). The molecule has 0 unspecified atom stereocenters. The molecule has 0 saturated heterocycles. The molecule has 2 nitrogen and oxygen atoms in total. The number of nitrogens with zero attached hydrogens (tertiary/aromatic N) is 2. The number of benzene rings is 8. The van der Waals surface area contributed by atoms with Crippen LogP contribution in [0.3, 0.4) is 0 Å². The number of hydrogen-bond acceptors (Lipinski definition) is 2. The molecule has 0 bridgehead atoms. The lowest BCUT2D eigenvalue weighted by Crippen LogP contribution is -2.10. The Morgan fingerprint density at radius 1 is 0.396 bits per heavy atom. The Labute approximate surface area is 311 Å². The highest BCUT2D eigenvalue weighted by Crippen LogP contribution is 2.47. The van der Waals surface area contributed by atoms with Crippen molar-refractivity contribution in [1.82, 2.24) is 4.57 Å². The smallest absolute Gasteiger partial charge is 0.0541 e. The van der Waals surface area contributed by atoms with E-state index in [-0.39, 0.29) is 0 Å². The average molecular weight is 693 g/mol. The van der Waals surface area contributed by atoms with Crippen LogP contribution in [0.4, 0.5) is 17.1 Å². The second-order valence-electron chi connectivity index (χ2n) is 13.8. The van der Waals surface area contributed by atoms with Gasteiger partial charge in [0.2, 0.25) is 0 Å². The molecule has 3 heteroatoms. The van der Waals surface area contributed by atoms with E-state index in [1.165, 1.54) is 81.0 Å². The highest BCUT2D eigenvalue weighted by atomic mass is 32.1. The van der Waals surface area contributed by atoms with Gasteiger partial charge in [-0.25, -0.2) is 0 Å². The van der Waals surface area contributed by atoms with Crippen LogP contribution in [0.25, 0.3) is 75.5 Å². The van der Waals surface area contributed by atoms with Crippen molar-refractivity contribution in [1.29, 1.82) is 0 Å². The Morgan fingerprint density at radius 2 is 1.02 bits per heavy atom. The fraction of sp³-hybridized carbons (Fsp3) is 0. The van der Waals surface area contributed by atoms with Gasteiger partial charge in [0.05, 0.1) is 11.0 Å². The molecule has 248 valence electrons. The minimum absolute atomic E-state index is 1.08. The van der Waals surface area contributed by atoms with E-state index in [0.29, 0.717) is 0 Å². The Morgan fingerprint density at radius 3 is 1.89 bits per heavy atom. The molecule has 0 saturated carbocycles. The molecule has 53 heavy (non-hydrogen) atoms. The van der Waals surface area contributed by atoms with Gasteiger partial charge in [-0.2, -0.15) is 0 Å². The van der Waals surface area contributed by atoms with Crippen LogP contribution >= 0.6 is 11.3 Å². The van der Waals surface area contributed by atoms with Crippen molar-refractivity contribution in [3.63, 3.8) is 0 Å². The van der Waals surface area contributed by atoms with E-state index >= 15 is 0 Å². The molecule has 0 N–H and O–H groups in total. The largest absolute Gasteiger partial charge is 0.310 e. The Balaban J connectivity index is 1.04. The van der Waals surface area contributed by atoms with Crippen molar-refractivity contribution in [3.05, 3.63) is 200 Å². The number of thiophene rings is 1. The maximum Gasteiger partial charge on any atom is 0.0541 e. The van der Waals surface area contributed by atoms with Gasteiger partial charge in [0, 0.05) is 53.7 Å². The quantitative estimate of drug-likeness (QED) is 0.174. The summed E-state index contributed by atoms with van der Waals surface area (Å²) in [6.07, 6.45) is 0. The maximum atomic E-state index is 4.54. The van der Waals surface area contributed by atoms with Crippen LogP contribution in [0.2, 0.25) is 0 Å². The zero-order chi connectivity index (χ0) is 35.0. The summed E-state index contributed by atoms with van der Waals surface area (Å²) in [5.41, 5.74) is 15.3. The molecular weight excluding hydrogens is 661 g/mol. The average Bonchev–Trinajstić information content (AvgIpc) is 3.85. The Kier molecular flexibility index (Phi) is 6.61. The lowest BCUT2D eigenvalue weighted by Gasteiger charge is -2.26. The van der Waals surface area contributed by atoms with Crippen molar-refractivity contribution in [2.45, 2.75) is 0 Å². The normalized spacial score (nSPS) is 12.2. The van der Waals surface area contributed by atoms with Gasteiger partial charge in [-0.3, -0.25) is 0 Å². The molecular formula is C50H32N2S. The molecule has 0 spiro atoms. The highest BCUT2D eigenvalue weighted by Gasteiger charge is 2.24. The summed E-state index contributed by atoms with van der Waals surface area (Å²) >= 11 is 1.85. The zero-order valence-corrected chi connectivity index (χ0v) is 29.6. The molecule has 0 radical (unpaired) electrons. The molecule has 0 fully saturated rings. The van der Waals surface area contributed by atoms with Gasteiger partial charge in [-0.15, -0.1) is 11.3 Å². The fourth-order valence-electron chi connectivity index (χ4n) is 8.39. The van der Waals surface area contributed by atoms with Crippen molar-refractivity contribution < 1.29 is 0 Å². The first-order valence-corrected chi connectivity index (χ1v) is 18.8. The van der Waals surface area contributed by atoms with Gasteiger partial charge in [0.1, 0.15) is 0 Å². The minimum atomic E-state index is 1.08. The van der Waals surface area contributed by atoms with Crippen LogP contribution in [-0.2, 0) is 0 Å². The first-order valence-electron chi connectivity index (χ1n) is 18.0. The summed E-state index contributed by atoms with van der Waals surface area (Å²) in [7, 11) is 0. The third kappa shape index (κ3) is 4.64. The molecule has 8 aromatic carbocycles.